The zero-order valence-electron chi connectivity index (χ0n) is 12.3. The van der Waals surface area contributed by atoms with Crippen LogP contribution in [0, 0.1) is 11.7 Å². The summed E-state index contributed by atoms with van der Waals surface area (Å²) in [6.07, 6.45) is 1.93. The first-order chi connectivity index (χ1) is 11.0. The number of rotatable bonds is 3. The highest BCUT2D eigenvalue weighted by Crippen LogP contribution is 2.39. The highest BCUT2D eigenvalue weighted by Gasteiger charge is 2.48. The van der Waals surface area contributed by atoms with Crippen LogP contribution in [-0.2, 0) is 10.5 Å². The number of halogens is 2. The fourth-order valence-electron chi connectivity index (χ4n) is 2.85. The predicted molar refractivity (Wildman–Crippen MR) is 76.4 cm³/mol. The van der Waals surface area contributed by atoms with Gasteiger partial charge < -0.3 is 9.42 Å². The van der Waals surface area contributed by atoms with Crippen molar-refractivity contribution in [3.63, 3.8) is 0 Å². The fourth-order valence-corrected chi connectivity index (χ4v) is 2.85. The van der Waals surface area contributed by atoms with Crippen LogP contribution in [0.25, 0.3) is 11.4 Å². The Morgan fingerprint density at radius 2 is 2.04 bits per heavy atom. The summed E-state index contributed by atoms with van der Waals surface area (Å²) in [6.45, 7) is 0.313. The zero-order valence-corrected chi connectivity index (χ0v) is 12.3. The van der Waals surface area contributed by atoms with Gasteiger partial charge in [0.05, 0.1) is 6.54 Å². The van der Waals surface area contributed by atoms with Crippen LogP contribution in [0.5, 0.6) is 0 Å². The number of carbonyl (C=O) groups excluding carboxylic acids is 1. The van der Waals surface area contributed by atoms with Crippen molar-refractivity contribution < 1.29 is 18.1 Å². The lowest BCUT2D eigenvalue weighted by atomic mass is 10.1. The molecule has 2 aliphatic rings. The van der Waals surface area contributed by atoms with Crippen molar-refractivity contribution >= 4 is 5.91 Å². The first kappa shape index (κ1) is 14.3. The molecular weight excluding hydrogens is 304 g/mol. The molecule has 2 aromatic rings. The Bertz CT molecular complexity index is 742. The van der Waals surface area contributed by atoms with Crippen LogP contribution in [0.15, 0.2) is 28.8 Å². The lowest BCUT2D eigenvalue weighted by Gasteiger charge is -2.17. The molecule has 7 heteroatoms. The summed E-state index contributed by atoms with van der Waals surface area (Å²) >= 11 is 0. The van der Waals surface area contributed by atoms with Crippen molar-refractivity contribution in [3.8, 4) is 11.4 Å². The van der Waals surface area contributed by atoms with Crippen molar-refractivity contribution in [3.05, 3.63) is 36.0 Å². The van der Waals surface area contributed by atoms with Gasteiger partial charge in [-0.1, -0.05) is 5.16 Å². The highest BCUT2D eigenvalue weighted by molar-refractivity contribution is 5.81. The number of likely N-dealkylation sites (tertiary alicyclic amines) is 1. The van der Waals surface area contributed by atoms with Gasteiger partial charge in [-0.3, -0.25) is 4.79 Å². The van der Waals surface area contributed by atoms with Crippen LogP contribution in [0.3, 0.4) is 0 Å². The maximum absolute atomic E-state index is 15.1. The molecule has 1 saturated carbocycles. The van der Waals surface area contributed by atoms with Gasteiger partial charge in [0.15, 0.2) is 0 Å². The smallest absolute Gasteiger partial charge is 0.266 e. The van der Waals surface area contributed by atoms with Gasteiger partial charge in [0.25, 0.3) is 5.89 Å². The second-order valence-electron chi connectivity index (χ2n) is 6.18. The Morgan fingerprint density at radius 1 is 1.30 bits per heavy atom. The van der Waals surface area contributed by atoms with Gasteiger partial charge in [-0.05, 0) is 37.1 Å². The number of alkyl halides is 1. The van der Waals surface area contributed by atoms with E-state index in [0.29, 0.717) is 12.1 Å². The van der Waals surface area contributed by atoms with Crippen molar-refractivity contribution in [1.82, 2.24) is 15.0 Å². The molecule has 23 heavy (non-hydrogen) atoms. The summed E-state index contributed by atoms with van der Waals surface area (Å²) in [4.78, 5) is 17.7. The molecule has 0 radical (unpaired) electrons. The third-order valence-corrected chi connectivity index (χ3v) is 4.37. The lowest BCUT2D eigenvalue weighted by Crippen LogP contribution is -2.33. The Labute approximate surface area is 131 Å². The van der Waals surface area contributed by atoms with Crippen LogP contribution in [0.1, 0.15) is 25.2 Å². The van der Waals surface area contributed by atoms with Crippen molar-refractivity contribution in [2.75, 3.05) is 13.1 Å². The first-order valence-electron chi connectivity index (χ1n) is 7.63. The van der Waals surface area contributed by atoms with E-state index < -0.39 is 5.67 Å². The molecule has 0 N–H and O–H groups in total. The van der Waals surface area contributed by atoms with E-state index in [9.17, 15) is 9.18 Å². The van der Waals surface area contributed by atoms with E-state index >= 15 is 4.39 Å². The quantitative estimate of drug-likeness (QED) is 0.873. The SMILES string of the molecule is O=C(C1CC1)N1CCC(F)(c2nc(-c3ccc(F)cc3)no2)C1. The molecule has 1 aromatic carbocycles. The molecule has 0 bridgehead atoms. The minimum Gasteiger partial charge on any atom is -0.339 e. The molecule has 120 valence electrons. The average molecular weight is 319 g/mol. The molecule has 1 unspecified atom stereocenters. The lowest BCUT2D eigenvalue weighted by molar-refractivity contribution is -0.132. The molecule has 1 atom stereocenters. The molecule has 1 aromatic heterocycles. The Balaban J connectivity index is 1.54. The van der Waals surface area contributed by atoms with E-state index in [1.165, 1.54) is 24.3 Å². The van der Waals surface area contributed by atoms with E-state index in [1.807, 2.05) is 0 Å². The molecular formula is C16H15F2N3O2. The van der Waals surface area contributed by atoms with Gasteiger partial charge in [0.2, 0.25) is 17.4 Å². The van der Waals surface area contributed by atoms with Gasteiger partial charge >= 0.3 is 0 Å². The second kappa shape index (κ2) is 5.11. The van der Waals surface area contributed by atoms with Crippen LogP contribution in [-0.4, -0.2) is 34.0 Å². The minimum atomic E-state index is -1.81. The summed E-state index contributed by atoms with van der Waals surface area (Å²) in [7, 11) is 0. The molecule has 1 aliphatic heterocycles. The minimum absolute atomic E-state index is 0.0165. The van der Waals surface area contributed by atoms with Gasteiger partial charge in [0.1, 0.15) is 5.82 Å². The molecule has 1 saturated heterocycles. The highest BCUT2D eigenvalue weighted by atomic mass is 19.1. The molecule has 1 amide bonds. The molecule has 1 aliphatic carbocycles. The van der Waals surface area contributed by atoms with Crippen molar-refractivity contribution in [2.24, 2.45) is 5.92 Å². The van der Waals surface area contributed by atoms with E-state index in [2.05, 4.69) is 10.1 Å². The summed E-state index contributed by atoms with van der Waals surface area (Å²) in [5.74, 6) is -0.200. The van der Waals surface area contributed by atoms with Gasteiger partial charge in [0, 0.05) is 24.4 Å². The maximum atomic E-state index is 15.1. The normalized spacial score (nSPS) is 24.2. The zero-order chi connectivity index (χ0) is 16.0. The van der Waals surface area contributed by atoms with Crippen LogP contribution in [0.2, 0.25) is 0 Å². The number of hydrogen-bond donors (Lipinski definition) is 0. The summed E-state index contributed by atoms with van der Waals surface area (Å²) < 4.78 is 33.1. The van der Waals surface area contributed by atoms with E-state index in [4.69, 9.17) is 4.52 Å². The molecule has 2 fully saturated rings. The van der Waals surface area contributed by atoms with Crippen LogP contribution < -0.4 is 0 Å². The number of aromatic nitrogens is 2. The van der Waals surface area contributed by atoms with Gasteiger partial charge in [-0.25, -0.2) is 8.78 Å². The number of carbonyl (C=O) groups is 1. The number of hydrogen-bond acceptors (Lipinski definition) is 4. The largest absolute Gasteiger partial charge is 0.339 e. The third kappa shape index (κ3) is 2.60. The molecule has 2 heterocycles. The molecule has 0 spiro atoms. The topological polar surface area (TPSA) is 59.2 Å². The van der Waals surface area contributed by atoms with Crippen molar-refractivity contribution in [1.29, 1.82) is 0 Å². The van der Waals surface area contributed by atoms with Gasteiger partial charge in [-0.15, -0.1) is 0 Å². The third-order valence-electron chi connectivity index (χ3n) is 4.37. The fraction of sp³-hybridized carbons (Fsp3) is 0.438. The Kier molecular flexibility index (Phi) is 3.18. The van der Waals surface area contributed by atoms with E-state index in [-0.39, 0.29) is 42.3 Å². The standard InChI is InChI=1S/C16H15F2N3O2/c17-12-5-3-10(4-6-12)13-19-15(23-20-13)16(18)7-8-21(9-16)14(22)11-1-2-11/h3-6,11H,1-2,7-9H2. The number of amides is 1. The summed E-state index contributed by atoms with van der Waals surface area (Å²) in [5, 5.41) is 3.77. The second-order valence-corrected chi connectivity index (χ2v) is 6.18. The molecule has 4 rings (SSSR count). The van der Waals surface area contributed by atoms with Crippen LogP contribution in [0.4, 0.5) is 8.78 Å². The Hall–Kier alpha value is -2.31. The van der Waals surface area contributed by atoms with Gasteiger partial charge in [-0.2, -0.15) is 4.98 Å². The summed E-state index contributed by atoms with van der Waals surface area (Å²) in [6, 6.07) is 5.57. The van der Waals surface area contributed by atoms with Crippen LogP contribution >= 0.6 is 0 Å². The van der Waals surface area contributed by atoms with E-state index in [1.54, 1.807) is 4.90 Å². The predicted octanol–water partition coefficient (Wildman–Crippen LogP) is 2.68. The van der Waals surface area contributed by atoms with Crippen molar-refractivity contribution in [2.45, 2.75) is 24.9 Å². The maximum Gasteiger partial charge on any atom is 0.266 e. The summed E-state index contributed by atoms with van der Waals surface area (Å²) in [5.41, 5.74) is -1.26. The first-order valence-corrected chi connectivity index (χ1v) is 7.63. The monoisotopic (exact) mass is 319 g/mol. The average Bonchev–Trinajstić information content (AvgIpc) is 3.13. The number of nitrogens with zero attached hydrogens (tertiary/aromatic N) is 3. The number of benzene rings is 1. The Morgan fingerprint density at radius 3 is 2.74 bits per heavy atom. The molecule has 5 nitrogen and oxygen atoms in total. The van der Waals surface area contributed by atoms with E-state index in [0.717, 1.165) is 12.8 Å².